The Bertz CT molecular complexity index is 1540. The van der Waals surface area contributed by atoms with Gasteiger partial charge in [0.15, 0.2) is 0 Å². The number of hydrogen-bond acceptors (Lipinski definition) is 0. The van der Waals surface area contributed by atoms with Crippen LogP contribution in [0.5, 0.6) is 0 Å². The van der Waals surface area contributed by atoms with E-state index in [1.807, 2.05) is 0 Å². The maximum absolute atomic E-state index is 2.76. The van der Waals surface area contributed by atoms with Gasteiger partial charge >= 0.3 is 0 Å². The van der Waals surface area contributed by atoms with Crippen LogP contribution in [0.25, 0.3) is 10.8 Å². The Morgan fingerprint density at radius 2 is 1.29 bits per heavy atom. The first-order chi connectivity index (χ1) is 16.4. The van der Waals surface area contributed by atoms with Crippen LogP contribution in [0, 0.1) is 0 Å². The maximum Gasteiger partial charge on any atom is 0.0765 e. The van der Waals surface area contributed by atoms with Crippen LogP contribution >= 0.6 is 0 Å². The quantitative estimate of drug-likeness (QED) is 0.187. The highest BCUT2D eigenvalue weighted by atomic mass is 29.3. The van der Waals surface area contributed by atoms with Crippen LogP contribution in [-0.4, -0.2) is 15.2 Å². The van der Waals surface area contributed by atoms with E-state index in [4.69, 9.17) is 0 Å². The standard InChI is InChI=1S/C32H30Si2/c1-33(2)31-21-12-6-5-11-20(21)19-25-22-17-18-28(30(25)31)32(34(33,3)4)26-15-9-7-13-23(26)29(22)24-14-8-10-16-27(24)32/h5-19,22,28-29H,1-4H3. The van der Waals surface area contributed by atoms with Gasteiger partial charge < -0.3 is 0 Å². The monoisotopic (exact) mass is 470 g/mol. The second kappa shape index (κ2) is 5.92. The average molecular weight is 471 g/mol. The fraction of sp³-hybridized carbons (Fsp3) is 0.250. The highest BCUT2D eigenvalue weighted by molar-refractivity contribution is 7.47. The predicted octanol–water partition coefficient (Wildman–Crippen LogP) is 7.28. The fourth-order valence-electron chi connectivity index (χ4n) is 8.91. The van der Waals surface area contributed by atoms with E-state index < -0.39 is 15.2 Å². The van der Waals surface area contributed by atoms with E-state index in [9.17, 15) is 0 Å². The molecule has 0 aromatic heterocycles. The van der Waals surface area contributed by atoms with E-state index in [1.165, 1.54) is 5.39 Å². The third kappa shape index (κ3) is 1.83. The van der Waals surface area contributed by atoms with Crippen molar-refractivity contribution in [2.75, 3.05) is 0 Å². The van der Waals surface area contributed by atoms with Crippen molar-refractivity contribution in [2.24, 2.45) is 0 Å². The van der Waals surface area contributed by atoms with Gasteiger partial charge in [-0.15, -0.1) is 0 Å². The van der Waals surface area contributed by atoms with Gasteiger partial charge in [0.05, 0.1) is 15.2 Å². The smallest absolute Gasteiger partial charge is 0.0765 e. The number of benzene rings is 4. The van der Waals surface area contributed by atoms with Crippen molar-refractivity contribution in [1.29, 1.82) is 0 Å². The molecule has 9 rings (SSSR count). The van der Waals surface area contributed by atoms with Crippen molar-refractivity contribution in [3.63, 3.8) is 0 Å². The molecule has 4 aromatic carbocycles. The Kier molecular flexibility index (Phi) is 3.42. The summed E-state index contributed by atoms with van der Waals surface area (Å²) in [5, 5.41) is 4.89. The first-order valence-corrected chi connectivity index (χ1v) is 19.8. The fourth-order valence-corrected chi connectivity index (χ4v) is 22.1. The summed E-state index contributed by atoms with van der Waals surface area (Å²) in [5.41, 5.74) is 9.90. The minimum absolute atomic E-state index is 0.0957. The van der Waals surface area contributed by atoms with Crippen molar-refractivity contribution in [1.82, 2.24) is 0 Å². The van der Waals surface area contributed by atoms with Gasteiger partial charge in [-0.1, -0.05) is 122 Å². The summed E-state index contributed by atoms with van der Waals surface area (Å²) in [5.74, 6) is 1.24. The normalized spacial score (nSPS) is 29.9. The topological polar surface area (TPSA) is 0 Å². The minimum atomic E-state index is -1.91. The summed E-state index contributed by atoms with van der Waals surface area (Å²) < 4.78 is 0. The molecule has 2 heteroatoms. The van der Waals surface area contributed by atoms with Crippen LogP contribution in [0.15, 0.2) is 91.0 Å². The highest BCUT2D eigenvalue weighted by Gasteiger charge is 2.69. The molecule has 0 saturated heterocycles. The van der Waals surface area contributed by atoms with Gasteiger partial charge in [0, 0.05) is 22.8 Å². The van der Waals surface area contributed by atoms with Gasteiger partial charge in [0.25, 0.3) is 0 Å². The number of allylic oxidation sites excluding steroid dienone is 2. The second-order valence-electron chi connectivity index (χ2n) is 12.1. The zero-order valence-electron chi connectivity index (χ0n) is 20.4. The summed E-state index contributed by atoms with van der Waals surface area (Å²) in [6.45, 7) is 11.0. The molecule has 0 nitrogen and oxygen atoms in total. The third-order valence-electron chi connectivity index (χ3n) is 10.7. The average Bonchev–Trinajstić information content (AvgIpc) is 2.82. The Labute approximate surface area is 204 Å². The molecule has 0 saturated carbocycles. The Hall–Kier alpha value is -2.69. The van der Waals surface area contributed by atoms with Crippen molar-refractivity contribution >= 4 is 31.1 Å². The number of fused-ring (bicyclic) bond motifs is 2. The molecule has 2 unspecified atom stereocenters. The van der Waals surface area contributed by atoms with Gasteiger partial charge in [0.1, 0.15) is 0 Å². The molecule has 0 fully saturated rings. The Morgan fingerprint density at radius 1 is 0.676 bits per heavy atom. The van der Waals surface area contributed by atoms with E-state index >= 15 is 0 Å². The van der Waals surface area contributed by atoms with Crippen molar-refractivity contribution < 1.29 is 0 Å². The highest BCUT2D eigenvalue weighted by Crippen LogP contribution is 2.68. The van der Waals surface area contributed by atoms with Crippen LogP contribution in [0.1, 0.15) is 51.1 Å². The lowest BCUT2D eigenvalue weighted by Crippen LogP contribution is -2.79. The van der Waals surface area contributed by atoms with Gasteiger partial charge in [-0.3, -0.25) is 0 Å². The van der Waals surface area contributed by atoms with Crippen molar-refractivity contribution in [3.8, 4) is 0 Å². The summed E-state index contributed by atoms with van der Waals surface area (Å²) in [4.78, 5) is 0. The lowest BCUT2D eigenvalue weighted by atomic mass is 9.56. The predicted molar refractivity (Wildman–Crippen MR) is 149 cm³/mol. The molecule has 5 aliphatic rings. The molecule has 0 N–H and O–H groups in total. The molecule has 1 heterocycles. The first-order valence-electron chi connectivity index (χ1n) is 12.8. The molecule has 0 radical (unpaired) electrons. The minimum Gasteiger partial charge on any atom is -0.0794 e. The van der Waals surface area contributed by atoms with E-state index in [1.54, 1.807) is 44.0 Å². The van der Waals surface area contributed by atoms with Gasteiger partial charge in [-0.25, -0.2) is 0 Å². The van der Waals surface area contributed by atoms with Crippen LogP contribution < -0.4 is 5.19 Å². The Balaban J connectivity index is 1.69. The van der Waals surface area contributed by atoms with Gasteiger partial charge in [-0.05, 0) is 44.2 Å². The summed E-state index contributed by atoms with van der Waals surface area (Å²) in [6.07, 6.45) is 5.28. The van der Waals surface area contributed by atoms with Crippen molar-refractivity contribution in [2.45, 2.75) is 49.0 Å². The molecule has 166 valence electrons. The zero-order chi connectivity index (χ0) is 23.0. The van der Waals surface area contributed by atoms with Crippen LogP contribution in [-0.2, 0) is 5.04 Å². The lowest BCUT2D eigenvalue weighted by Gasteiger charge is -2.66. The van der Waals surface area contributed by atoms with Gasteiger partial charge in [-0.2, -0.15) is 0 Å². The molecule has 0 amide bonds. The largest absolute Gasteiger partial charge is 0.0794 e. The van der Waals surface area contributed by atoms with E-state index in [0.29, 0.717) is 17.8 Å². The molecule has 1 spiro atoms. The number of hydrogen-bond donors (Lipinski definition) is 0. The van der Waals surface area contributed by atoms with E-state index in [2.05, 4.69) is 117 Å². The molecule has 4 aromatic rings. The maximum atomic E-state index is 2.76. The lowest BCUT2D eigenvalue weighted by molar-refractivity contribution is 0.505. The Morgan fingerprint density at radius 3 is 2.00 bits per heavy atom. The van der Waals surface area contributed by atoms with Crippen LogP contribution in [0.3, 0.4) is 0 Å². The van der Waals surface area contributed by atoms with Gasteiger partial charge in [0.2, 0.25) is 0 Å². The van der Waals surface area contributed by atoms with Crippen LogP contribution in [0.2, 0.25) is 26.2 Å². The molecule has 4 aliphatic carbocycles. The molecular formula is C32H30Si2. The van der Waals surface area contributed by atoms with Crippen LogP contribution in [0.4, 0.5) is 0 Å². The third-order valence-corrected chi connectivity index (χ3v) is 29.8. The molecular weight excluding hydrogens is 441 g/mol. The summed E-state index contributed by atoms with van der Waals surface area (Å²) in [7, 11) is -3.75. The SMILES string of the molecule is C[Si]1(C)c2c3c(cc4ccccc24)C2C=CC3C3(c4ccccc4C2c2ccccc23)[Si]1(C)C. The van der Waals surface area contributed by atoms with E-state index in [-0.39, 0.29) is 5.04 Å². The van der Waals surface area contributed by atoms with Crippen molar-refractivity contribution in [3.05, 3.63) is 124 Å². The zero-order valence-corrected chi connectivity index (χ0v) is 22.4. The molecule has 5 bridgehead atoms. The van der Waals surface area contributed by atoms with E-state index in [0.717, 1.165) is 0 Å². The number of rotatable bonds is 0. The first kappa shape index (κ1) is 19.6. The molecule has 34 heavy (non-hydrogen) atoms. The summed E-state index contributed by atoms with van der Waals surface area (Å²) >= 11 is 0. The summed E-state index contributed by atoms with van der Waals surface area (Å²) in [6, 6.07) is 31.1. The second-order valence-corrected chi connectivity index (χ2v) is 27.4. The molecule has 1 aliphatic heterocycles. The molecule has 2 atom stereocenters.